The second kappa shape index (κ2) is 9.76. The maximum Gasteiger partial charge on any atom is 0.235 e. The topological polar surface area (TPSA) is 72.1 Å². The van der Waals surface area contributed by atoms with Crippen molar-refractivity contribution in [3.63, 3.8) is 0 Å². The van der Waals surface area contributed by atoms with Gasteiger partial charge in [-0.3, -0.25) is 9.69 Å². The van der Waals surface area contributed by atoms with Gasteiger partial charge in [0.05, 0.1) is 5.39 Å². The van der Waals surface area contributed by atoms with Gasteiger partial charge in [0.2, 0.25) is 11.2 Å². The molecule has 0 spiro atoms. The van der Waals surface area contributed by atoms with E-state index in [1.807, 2.05) is 32.0 Å². The quantitative estimate of drug-likeness (QED) is 0.572. The van der Waals surface area contributed by atoms with Gasteiger partial charge in [-0.1, -0.05) is 12.5 Å². The standard InChI is InChI=1S/C26H31NO5/c1-17-10-18(2)12-22(11-17)32-25-16-31-24-13-21(7-8-23(24)26(25)29)30-15-20(28)14-27-9-5-4-6-19(27)3/h7-8,10-13,16,19-20,28H,4-6,9,14-15H2,1-3H3/t19-,20-/m0/s1. The number of nitrogens with zero attached hydrogens (tertiary/aromatic N) is 1. The van der Waals surface area contributed by atoms with Gasteiger partial charge in [0.15, 0.2) is 0 Å². The van der Waals surface area contributed by atoms with E-state index < -0.39 is 6.10 Å². The van der Waals surface area contributed by atoms with Gasteiger partial charge in [-0.15, -0.1) is 0 Å². The average Bonchev–Trinajstić information content (AvgIpc) is 2.75. The summed E-state index contributed by atoms with van der Waals surface area (Å²) >= 11 is 0. The van der Waals surface area contributed by atoms with Crippen molar-refractivity contribution in [2.45, 2.75) is 52.2 Å². The van der Waals surface area contributed by atoms with E-state index in [0.29, 0.717) is 35.1 Å². The lowest BCUT2D eigenvalue weighted by molar-refractivity contribution is 0.0438. The van der Waals surface area contributed by atoms with E-state index >= 15 is 0 Å². The summed E-state index contributed by atoms with van der Waals surface area (Å²) < 4.78 is 17.2. The zero-order valence-electron chi connectivity index (χ0n) is 19.0. The number of likely N-dealkylation sites (tertiary alicyclic amines) is 1. The van der Waals surface area contributed by atoms with Gasteiger partial charge >= 0.3 is 0 Å². The molecule has 1 aromatic heterocycles. The Kier molecular flexibility index (Phi) is 6.82. The Morgan fingerprint density at radius 3 is 2.66 bits per heavy atom. The molecule has 2 atom stereocenters. The molecule has 3 aromatic rings. The molecule has 2 heterocycles. The predicted molar refractivity (Wildman–Crippen MR) is 125 cm³/mol. The van der Waals surface area contributed by atoms with Gasteiger partial charge in [0, 0.05) is 18.7 Å². The Morgan fingerprint density at radius 2 is 1.91 bits per heavy atom. The van der Waals surface area contributed by atoms with Crippen molar-refractivity contribution < 1.29 is 19.0 Å². The molecule has 0 radical (unpaired) electrons. The number of aliphatic hydroxyl groups excluding tert-OH is 1. The van der Waals surface area contributed by atoms with Crippen LogP contribution >= 0.6 is 0 Å². The van der Waals surface area contributed by atoms with Crippen LogP contribution in [0.2, 0.25) is 0 Å². The summed E-state index contributed by atoms with van der Waals surface area (Å²) in [5, 5.41) is 10.8. The van der Waals surface area contributed by atoms with Crippen molar-refractivity contribution in [2.24, 2.45) is 0 Å². The molecule has 2 aromatic carbocycles. The molecule has 0 saturated carbocycles. The zero-order valence-corrected chi connectivity index (χ0v) is 19.0. The fraction of sp³-hybridized carbons (Fsp3) is 0.423. The van der Waals surface area contributed by atoms with E-state index in [4.69, 9.17) is 13.9 Å². The molecule has 0 unspecified atom stereocenters. The molecule has 1 aliphatic rings. The van der Waals surface area contributed by atoms with E-state index in [1.54, 1.807) is 18.2 Å². The van der Waals surface area contributed by atoms with Gasteiger partial charge in [-0.25, -0.2) is 0 Å². The number of piperidine rings is 1. The molecular weight excluding hydrogens is 406 g/mol. The third-order valence-electron chi connectivity index (χ3n) is 5.97. The number of fused-ring (bicyclic) bond motifs is 1. The van der Waals surface area contributed by atoms with Crippen LogP contribution in [0, 0.1) is 13.8 Å². The van der Waals surface area contributed by atoms with Crippen LogP contribution in [0.25, 0.3) is 11.0 Å². The highest BCUT2D eigenvalue weighted by atomic mass is 16.5. The molecular formula is C26H31NO5. The average molecular weight is 438 g/mol. The predicted octanol–water partition coefficient (Wildman–Crippen LogP) is 4.82. The molecule has 1 saturated heterocycles. The minimum absolute atomic E-state index is 0.141. The van der Waals surface area contributed by atoms with Crippen LogP contribution in [0.1, 0.15) is 37.3 Å². The number of aliphatic hydroxyl groups is 1. The summed E-state index contributed by atoms with van der Waals surface area (Å²) in [6, 6.07) is 11.4. The minimum Gasteiger partial charge on any atom is -0.491 e. The Morgan fingerprint density at radius 1 is 1.12 bits per heavy atom. The van der Waals surface area contributed by atoms with E-state index in [0.717, 1.165) is 17.7 Å². The number of ether oxygens (including phenoxy) is 2. The lowest BCUT2D eigenvalue weighted by atomic mass is 10.0. The van der Waals surface area contributed by atoms with E-state index in [-0.39, 0.29) is 17.8 Å². The summed E-state index contributed by atoms with van der Waals surface area (Å²) in [5.41, 5.74) is 2.29. The molecule has 4 rings (SSSR count). The van der Waals surface area contributed by atoms with Crippen molar-refractivity contribution in [3.05, 3.63) is 64.0 Å². The lowest BCUT2D eigenvalue weighted by Gasteiger charge is -2.34. The third kappa shape index (κ3) is 5.31. The number of hydrogen-bond acceptors (Lipinski definition) is 6. The summed E-state index contributed by atoms with van der Waals surface area (Å²) in [5.74, 6) is 1.29. The van der Waals surface area contributed by atoms with Gasteiger partial charge in [-0.05, 0) is 75.5 Å². The van der Waals surface area contributed by atoms with Crippen LogP contribution in [0.15, 0.2) is 51.9 Å². The van der Waals surface area contributed by atoms with E-state index in [1.165, 1.54) is 25.5 Å². The monoisotopic (exact) mass is 437 g/mol. The second-order valence-electron chi connectivity index (χ2n) is 8.82. The first-order valence-corrected chi connectivity index (χ1v) is 11.3. The van der Waals surface area contributed by atoms with Crippen LogP contribution in [-0.4, -0.2) is 41.8 Å². The van der Waals surface area contributed by atoms with Crippen LogP contribution < -0.4 is 14.9 Å². The number of benzene rings is 2. The Balaban J connectivity index is 1.43. The zero-order chi connectivity index (χ0) is 22.7. The highest BCUT2D eigenvalue weighted by Crippen LogP contribution is 2.25. The molecule has 1 fully saturated rings. The molecule has 0 aliphatic carbocycles. The highest BCUT2D eigenvalue weighted by Gasteiger charge is 2.21. The largest absolute Gasteiger partial charge is 0.491 e. The van der Waals surface area contributed by atoms with Crippen molar-refractivity contribution in [1.82, 2.24) is 4.90 Å². The van der Waals surface area contributed by atoms with Crippen molar-refractivity contribution in [1.29, 1.82) is 0 Å². The van der Waals surface area contributed by atoms with Gasteiger partial charge < -0.3 is 19.0 Å². The molecule has 6 nitrogen and oxygen atoms in total. The van der Waals surface area contributed by atoms with Crippen LogP contribution in [0.4, 0.5) is 0 Å². The van der Waals surface area contributed by atoms with Gasteiger partial charge in [-0.2, -0.15) is 0 Å². The molecule has 1 aliphatic heterocycles. The number of hydrogen-bond donors (Lipinski definition) is 1. The van der Waals surface area contributed by atoms with Crippen LogP contribution in [0.3, 0.4) is 0 Å². The molecule has 32 heavy (non-hydrogen) atoms. The minimum atomic E-state index is -0.577. The highest BCUT2D eigenvalue weighted by molar-refractivity contribution is 5.79. The Bertz CT molecular complexity index is 1120. The normalized spacial score (nSPS) is 17.9. The van der Waals surface area contributed by atoms with Crippen LogP contribution in [0.5, 0.6) is 17.2 Å². The molecule has 6 heteroatoms. The molecule has 0 bridgehead atoms. The van der Waals surface area contributed by atoms with Gasteiger partial charge in [0.25, 0.3) is 0 Å². The third-order valence-corrected chi connectivity index (χ3v) is 5.97. The molecule has 0 amide bonds. The summed E-state index contributed by atoms with van der Waals surface area (Å²) in [4.78, 5) is 15.2. The van der Waals surface area contributed by atoms with Crippen molar-refractivity contribution in [2.75, 3.05) is 19.7 Å². The summed E-state index contributed by atoms with van der Waals surface area (Å²) in [7, 11) is 0. The lowest BCUT2D eigenvalue weighted by Crippen LogP contribution is -2.43. The Labute approximate surface area is 188 Å². The molecule has 170 valence electrons. The Hall–Kier alpha value is -2.83. The van der Waals surface area contributed by atoms with E-state index in [2.05, 4.69) is 11.8 Å². The first-order valence-electron chi connectivity index (χ1n) is 11.3. The fourth-order valence-electron chi connectivity index (χ4n) is 4.31. The number of rotatable bonds is 7. The number of aryl methyl sites for hydroxylation is 2. The maximum atomic E-state index is 12.9. The fourth-order valence-corrected chi connectivity index (χ4v) is 4.31. The SMILES string of the molecule is Cc1cc(C)cc(Oc2coc3cc(OC[C@@H](O)CN4CCCC[C@@H]4C)ccc3c2=O)c1. The maximum absolute atomic E-state index is 12.9. The van der Waals surface area contributed by atoms with Crippen LogP contribution in [-0.2, 0) is 0 Å². The van der Waals surface area contributed by atoms with Gasteiger partial charge in [0.1, 0.15) is 36.1 Å². The van der Waals surface area contributed by atoms with E-state index in [9.17, 15) is 9.90 Å². The first-order chi connectivity index (χ1) is 15.4. The number of β-amino-alcohol motifs (C(OH)–C–C–N with tert-alkyl or cyclic N) is 1. The summed E-state index contributed by atoms with van der Waals surface area (Å²) in [6.07, 6.45) is 4.36. The van der Waals surface area contributed by atoms with Crippen molar-refractivity contribution >= 4 is 11.0 Å². The molecule has 1 N–H and O–H groups in total. The summed E-state index contributed by atoms with van der Waals surface area (Å²) in [6.45, 7) is 7.97. The first kappa shape index (κ1) is 22.4. The van der Waals surface area contributed by atoms with Crippen molar-refractivity contribution in [3.8, 4) is 17.2 Å². The smallest absolute Gasteiger partial charge is 0.235 e. The second-order valence-corrected chi connectivity index (χ2v) is 8.82.